The van der Waals surface area contributed by atoms with Crippen LogP contribution in [0, 0.1) is 0 Å². The predicted octanol–water partition coefficient (Wildman–Crippen LogP) is 1.58. The molecule has 0 saturated carbocycles. The summed E-state index contributed by atoms with van der Waals surface area (Å²) in [4.78, 5) is 25.7. The van der Waals surface area contributed by atoms with Gasteiger partial charge in [0.15, 0.2) is 0 Å². The Bertz CT molecular complexity index is 459. The van der Waals surface area contributed by atoms with Gasteiger partial charge in [0, 0.05) is 32.5 Å². The summed E-state index contributed by atoms with van der Waals surface area (Å²) in [7, 11) is 0. The van der Waals surface area contributed by atoms with Crippen molar-refractivity contribution in [3.63, 3.8) is 0 Å². The van der Waals surface area contributed by atoms with Gasteiger partial charge in [-0.05, 0) is 25.1 Å². The smallest absolute Gasteiger partial charge is 0.220 e. The summed E-state index contributed by atoms with van der Waals surface area (Å²) in [6, 6.07) is 10.0. The number of rotatable bonds is 11. The Morgan fingerprint density at radius 2 is 1.48 bits per heavy atom. The molecule has 1 aromatic carbocycles. The van der Waals surface area contributed by atoms with E-state index in [-0.39, 0.29) is 24.7 Å². The van der Waals surface area contributed by atoms with Crippen LogP contribution in [0.1, 0.15) is 32.3 Å². The first-order valence-corrected chi connectivity index (χ1v) is 8.45. The van der Waals surface area contributed by atoms with Gasteiger partial charge in [0.25, 0.3) is 0 Å². The van der Waals surface area contributed by atoms with Crippen molar-refractivity contribution in [3.05, 3.63) is 35.9 Å². The van der Waals surface area contributed by atoms with Gasteiger partial charge < -0.3 is 15.5 Å². The van der Waals surface area contributed by atoms with Crippen molar-refractivity contribution in [2.75, 3.05) is 32.7 Å². The minimum atomic E-state index is -0.0696. The highest BCUT2D eigenvalue weighted by atomic mass is 16.2. The fourth-order valence-electron chi connectivity index (χ4n) is 2.29. The number of nitrogens with zero attached hydrogens (tertiary/aromatic N) is 1. The minimum absolute atomic E-state index is 0.0598. The number of carbonyl (C=O) groups is 2. The molecule has 5 nitrogen and oxygen atoms in total. The summed E-state index contributed by atoms with van der Waals surface area (Å²) in [5.41, 5.74) is 1.20. The lowest BCUT2D eigenvalue weighted by Gasteiger charge is -2.17. The Kier molecular flexibility index (Phi) is 9.71. The van der Waals surface area contributed by atoms with E-state index in [1.807, 2.05) is 30.3 Å². The van der Waals surface area contributed by atoms with E-state index in [1.54, 1.807) is 0 Å². The van der Waals surface area contributed by atoms with Crippen LogP contribution in [0.5, 0.6) is 0 Å². The lowest BCUT2D eigenvalue weighted by atomic mass is 10.1. The Morgan fingerprint density at radius 3 is 2.04 bits per heavy atom. The third-order valence-corrected chi connectivity index (χ3v) is 3.80. The van der Waals surface area contributed by atoms with Crippen LogP contribution in [0.15, 0.2) is 30.3 Å². The highest BCUT2D eigenvalue weighted by Crippen LogP contribution is 1.98. The molecule has 0 aliphatic heterocycles. The van der Waals surface area contributed by atoms with Crippen molar-refractivity contribution < 1.29 is 9.59 Å². The van der Waals surface area contributed by atoms with Gasteiger partial charge in [-0.1, -0.05) is 44.2 Å². The molecule has 0 aliphatic carbocycles. The monoisotopic (exact) mass is 319 g/mol. The highest BCUT2D eigenvalue weighted by Gasteiger charge is 2.07. The molecule has 0 saturated heterocycles. The molecule has 0 radical (unpaired) electrons. The third kappa shape index (κ3) is 8.98. The number of likely N-dealkylation sites (N-methyl/N-ethyl adjacent to an activating group) is 1. The van der Waals surface area contributed by atoms with Gasteiger partial charge in [-0.2, -0.15) is 0 Å². The van der Waals surface area contributed by atoms with Crippen LogP contribution >= 0.6 is 0 Å². The molecule has 0 aromatic heterocycles. The van der Waals surface area contributed by atoms with Crippen molar-refractivity contribution in [2.45, 2.75) is 33.1 Å². The predicted molar refractivity (Wildman–Crippen MR) is 93.2 cm³/mol. The Balaban J connectivity index is 2.07. The molecular weight excluding hydrogens is 290 g/mol. The Labute approximate surface area is 139 Å². The molecule has 0 heterocycles. The summed E-state index contributed by atoms with van der Waals surface area (Å²) in [5.74, 6) is -0.129. The highest BCUT2D eigenvalue weighted by molar-refractivity contribution is 5.83. The van der Waals surface area contributed by atoms with Crippen LogP contribution in [0.25, 0.3) is 0 Å². The number of hydrogen-bond donors (Lipinski definition) is 2. The minimum Gasteiger partial charge on any atom is -0.356 e. The van der Waals surface area contributed by atoms with Crippen molar-refractivity contribution in [3.8, 4) is 0 Å². The first kappa shape index (κ1) is 19.2. The fourth-order valence-corrected chi connectivity index (χ4v) is 2.29. The third-order valence-electron chi connectivity index (χ3n) is 3.80. The molecule has 5 heteroatoms. The number of benzene rings is 1. The van der Waals surface area contributed by atoms with Crippen LogP contribution in [-0.2, 0) is 16.0 Å². The fraction of sp³-hybridized carbons (Fsp3) is 0.556. The molecule has 0 bridgehead atoms. The molecule has 0 aliphatic rings. The molecule has 0 atom stereocenters. The van der Waals surface area contributed by atoms with Gasteiger partial charge in [-0.3, -0.25) is 9.59 Å². The van der Waals surface area contributed by atoms with Gasteiger partial charge in [0.2, 0.25) is 11.8 Å². The molecule has 0 unspecified atom stereocenters. The quantitative estimate of drug-likeness (QED) is 0.651. The second-order valence-corrected chi connectivity index (χ2v) is 5.46. The van der Waals surface area contributed by atoms with E-state index in [1.165, 1.54) is 5.56 Å². The van der Waals surface area contributed by atoms with Crippen LogP contribution in [-0.4, -0.2) is 49.4 Å². The average molecular weight is 319 g/mol. The molecule has 0 spiro atoms. The van der Waals surface area contributed by atoms with E-state index in [9.17, 15) is 9.59 Å². The number of carbonyl (C=O) groups excluding carboxylic acids is 2. The van der Waals surface area contributed by atoms with Gasteiger partial charge in [-0.25, -0.2) is 0 Å². The lowest BCUT2D eigenvalue weighted by molar-refractivity contribution is -0.126. The SMILES string of the molecule is CCN(CC)CCNC(=O)CCC(=O)NCCc1ccccc1. The van der Waals surface area contributed by atoms with E-state index < -0.39 is 0 Å². The zero-order chi connectivity index (χ0) is 16.9. The van der Waals surface area contributed by atoms with E-state index in [0.29, 0.717) is 13.1 Å². The first-order chi connectivity index (χ1) is 11.2. The van der Waals surface area contributed by atoms with Crippen LogP contribution in [0.2, 0.25) is 0 Å². The van der Waals surface area contributed by atoms with Crippen LogP contribution in [0.3, 0.4) is 0 Å². The maximum atomic E-state index is 11.7. The molecule has 23 heavy (non-hydrogen) atoms. The van der Waals surface area contributed by atoms with Gasteiger partial charge in [0.1, 0.15) is 0 Å². The summed E-state index contributed by atoms with van der Waals surface area (Å²) >= 11 is 0. The van der Waals surface area contributed by atoms with Gasteiger partial charge in [0.05, 0.1) is 0 Å². The van der Waals surface area contributed by atoms with E-state index in [0.717, 1.165) is 26.1 Å². The van der Waals surface area contributed by atoms with Crippen LogP contribution in [0.4, 0.5) is 0 Å². The van der Waals surface area contributed by atoms with E-state index >= 15 is 0 Å². The number of hydrogen-bond acceptors (Lipinski definition) is 3. The molecule has 2 N–H and O–H groups in total. The van der Waals surface area contributed by atoms with E-state index in [4.69, 9.17) is 0 Å². The van der Waals surface area contributed by atoms with Crippen molar-refractivity contribution in [1.29, 1.82) is 0 Å². The maximum Gasteiger partial charge on any atom is 0.220 e. The Hall–Kier alpha value is -1.88. The van der Waals surface area contributed by atoms with Crippen molar-refractivity contribution in [2.24, 2.45) is 0 Å². The Morgan fingerprint density at radius 1 is 0.913 bits per heavy atom. The van der Waals surface area contributed by atoms with Crippen molar-refractivity contribution in [1.82, 2.24) is 15.5 Å². The maximum absolute atomic E-state index is 11.7. The zero-order valence-electron chi connectivity index (χ0n) is 14.3. The second kappa shape index (κ2) is 11.7. The molecule has 1 rings (SSSR count). The zero-order valence-corrected chi connectivity index (χ0v) is 14.3. The lowest BCUT2D eigenvalue weighted by Crippen LogP contribution is -2.35. The number of nitrogens with one attached hydrogen (secondary N) is 2. The standard InChI is InChI=1S/C18H29N3O2/c1-3-21(4-2)15-14-20-18(23)11-10-17(22)19-13-12-16-8-6-5-7-9-16/h5-9H,3-4,10-15H2,1-2H3,(H,19,22)(H,20,23). The first-order valence-electron chi connectivity index (χ1n) is 8.45. The van der Waals surface area contributed by atoms with Crippen LogP contribution < -0.4 is 10.6 Å². The molecule has 0 fully saturated rings. The van der Waals surface area contributed by atoms with Gasteiger partial charge >= 0.3 is 0 Å². The second-order valence-electron chi connectivity index (χ2n) is 5.46. The van der Waals surface area contributed by atoms with Gasteiger partial charge in [-0.15, -0.1) is 0 Å². The summed E-state index contributed by atoms with van der Waals surface area (Å²) < 4.78 is 0. The summed E-state index contributed by atoms with van der Waals surface area (Å²) in [5, 5.41) is 5.71. The largest absolute Gasteiger partial charge is 0.356 e. The molecule has 2 amide bonds. The van der Waals surface area contributed by atoms with Crippen molar-refractivity contribution >= 4 is 11.8 Å². The molecular formula is C18H29N3O2. The molecule has 128 valence electrons. The normalized spacial score (nSPS) is 10.6. The summed E-state index contributed by atoms with van der Waals surface area (Å²) in [6.07, 6.45) is 1.30. The average Bonchev–Trinajstić information content (AvgIpc) is 2.58. The molecule has 1 aromatic rings. The van der Waals surface area contributed by atoms with E-state index in [2.05, 4.69) is 29.4 Å². The topological polar surface area (TPSA) is 61.4 Å². The number of amides is 2. The summed E-state index contributed by atoms with van der Waals surface area (Å²) in [6.45, 7) is 8.26.